The largest absolute Gasteiger partial charge is 0.354 e. The van der Waals surface area contributed by atoms with Crippen molar-refractivity contribution < 1.29 is 9.59 Å². The lowest BCUT2D eigenvalue weighted by atomic mass is 10.1. The maximum Gasteiger partial charge on any atom is 0.242 e. The maximum atomic E-state index is 11.4. The van der Waals surface area contributed by atoms with E-state index in [1.807, 2.05) is 6.92 Å². The van der Waals surface area contributed by atoms with E-state index >= 15 is 0 Å². The molecule has 80 valence electrons. The van der Waals surface area contributed by atoms with E-state index in [0.29, 0.717) is 19.4 Å². The summed E-state index contributed by atoms with van der Waals surface area (Å²) >= 11 is 0. The highest BCUT2D eigenvalue weighted by Crippen LogP contribution is 2.03. The lowest BCUT2D eigenvalue weighted by Crippen LogP contribution is -2.53. The van der Waals surface area contributed by atoms with Crippen molar-refractivity contribution in [3.63, 3.8) is 0 Å². The van der Waals surface area contributed by atoms with E-state index in [2.05, 4.69) is 10.6 Å². The van der Waals surface area contributed by atoms with Gasteiger partial charge in [0.1, 0.15) is 6.04 Å². The molecule has 14 heavy (non-hydrogen) atoms. The summed E-state index contributed by atoms with van der Waals surface area (Å²) in [6.07, 6.45) is 2.19. The van der Waals surface area contributed by atoms with Crippen molar-refractivity contribution in [2.24, 2.45) is 5.73 Å². The van der Waals surface area contributed by atoms with Gasteiger partial charge in [-0.3, -0.25) is 9.59 Å². The standard InChI is InChI=1S/C9H17N3O2/c1-2-6(10)8(13)12-7-4-3-5-11-9(7)14/h6-7H,2-5,10H2,1H3,(H,11,14)(H,12,13). The second-order valence-corrected chi connectivity index (χ2v) is 3.51. The summed E-state index contributed by atoms with van der Waals surface area (Å²) in [4.78, 5) is 22.6. The number of nitrogens with two attached hydrogens (primary N) is 1. The molecule has 1 fully saturated rings. The lowest BCUT2D eigenvalue weighted by Gasteiger charge is -2.23. The first-order valence-electron chi connectivity index (χ1n) is 4.98. The number of rotatable bonds is 3. The van der Waals surface area contributed by atoms with Crippen LogP contribution in [0.2, 0.25) is 0 Å². The molecule has 0 aromatic heterocycles. The van der Waals surface area contributed by atoms with Gasteiger partial charge >= 0.3 is 0 Å². The zero-order chi connectivity index (χ0) is 10.6. The first kappa shape index (κ1) is 11.0. The molecule has 5 heteroatoms. The van der Waals surface area contributed by atoms with Gasteiger partial charge in [-0.2, -0.15) is 0 Å². The molecule has 2 atom stereocenters. The summed E-state index contributed by atoms with van der Waals surface area (Å²) in [5.41, 5.74) is 5.54. The van der Waals surface area contributed by atoms with E-state index in [1.54, 1.807) is 0 Å². The van der Waals surface area contributed by atoms with Crippen LogP contribution in [-0.4, -0.2) is 30.4 Å². The average Bonchev–Trinajstić information content (AvgIpc) is 2.20. The summed E-state index contributed by atoms with van der Waals surface area (Å²) in [5, 5.41) is 5.34. The Hall–Kier alpha value is -1.10. The molecular weight excluding hydrogens is 182 g/mol. The fourth-order valence-corrected chi connectivity index (χ4v) is 1.37. The predicted octanol–water partition coefficient (Wildman–Crippen LogP) is -0.881. The van der Waals surface area contributed by atoms with E-state index in [0.717, 1.165) is 6.42 Å². The fourth-order valence-electron chi connectivity index (χ4n) is 1.37. The molecule has 0 aromatic carbocycles. The number of nitrogens with one attached hydrogen (secondary N) is 2. The van der Waals surface area contributed by atoms with Crippen molar-refractivity contribution in [3.8, 4) is 0 Å². The van der Waals surface area contributed by atoms with Crippen molar-refractivity contribution >= 4 is 11.8 Å². The molecule has 1 rings (SSSR count). The Labute approximate surface area is 83.4 Å². The highest BCUT2D eigenvalue weighted by molar-refractivity contribution is 5.89. The molecule has 0 saturated carbocycles. The molecule has 4 N–H and O–H groups in total. The van der Waals surface area contributed by atoms with Crippen LogP contribution in [0.3, 0.4) is 0 Å². The molecule has 0 spiro atoms. The monoisotopic (exact) mass is 199 g/mol. The van der Waals surface area contributed by atoms with Gasteiger partial charge in [-0.1, -0.05) is 6.92 Å². The molecule has 1 heterocycles. The molecule has 1 aliphatic rings. The Bertz CT molecular complexity index is 230. The SMILES string of the molecule is CCC(N)C(=O)NC1CCCNC1=O. The minimum absolute atomic E-state index is 0.104. The zero-order valence-corrected chi connectivity index (χ0v) is 8.38. The average molecular weight is 199 g/mol. The third kappa shape index (κ3) is 2.70. The summed E-state index contributed by atoms with van der Waals surface area (Å²) in [7, 11) is 0. The van der Waals surface area contributed by atoms with E-state index in [-0.39, 0.29) is 11.8 Å². The summed E-state index contributed by atoms with van der Waals surface area (Å²) in [6, 6.07) is -0.904. The van der Waals surface area contributed by atoms with Gasteiger partial charge in [0.05, 0.1) is 6.04 Å². The first-order chi connectivity index (χ1) is 6.65. The van der Waals surface area contributed by atoms with Gasteiger partial charge in [0.25, 0.3) is 0 Å². The van der Waals surface area contributed by atoms with Crippen LogP contribution in [0, 0.1) is 0 Å². The number of carbonyl (C=O) groups excluding carboxylic acids is 2. The number of hydrogen-bond acceptors (Lipinski definition) is 3. The molecule has 0 radical (unpaired) electrons. The predicted molar refractivity (Wildman–Crippen MR) is 52.4 cm³/mol. The fraction of sp³-hybridized carbons (Fsp3) is 0.778. The third-order valence-electron chi connectivity index (χ3n) is 2.38. The Morgan fingerprint density at radius 2 is 2.50 bits per heavy atom. The smallest absolute Gasteiger partial charge is 0.242 e. The molecule has 0 aromatic rings. The number of carbonyl (C=O) groups is 2. The highest BCUT2D eigenvalue weighted by atomic mass is 16.2. The van der Waals surface area contributed by atoms with Crippen LogP contribution in [-0.2, 0) is 9.59 Å². The summed E-state index contributed by atoms with van der Waals surface area (Å²) in [5.74, 6) is -0.345. The van der Waals surface area contributed by atoms with Crippen LogP contribution >= 0.6 is 0 Å². The first-order valence-corrected chi connectivity index (χ1v) is 4.98. The summed E-state index contributed by atoms with van der Waals surface area (Å²) in [6.45, 7) is 2.54. The normalized spacial score (nSPS) is 23.9. The van der Waals surface area contributed by atoms with Gasteiger partial charge in [0.15, 0.2) is 0 Å². The van der Waals surface area contributed by atoms with Gasteiger partial charge in [-0.05, 0) is 19.3 Å². The molecule has 2 amide bonds. The minimum Gasteiger partial charge on any atom is -0.354 e. The van der Waals surface area contributed by atoms with Gasteiger partial charge in [0.2, 0.25) is 11.8 Å². The third-order valence-corrected chi connectivity index (χ3v) is 2.38. The number of amides is 2. The quantitative estimate of drug-likeness (QED) is 0.552. The zero-order valence-electron chi connectivity index (χ0n) is 8.38. The molecule has 1 saturated heterocycles. The van der Waals surface area contributed by atoms with E-state index in [4.69, 9.17) is 5.73 Å². The van der Waals surface area contributed by atoms with Crippen LogP contribution < -0.4 is 16.4 Å². The Morgan fingerprint density at radius 1 is 1.79 bits per heavy atom. The Morgan fingerprint density at radius 3 is 3.07 bits per heavy atom. The van der Waals surface area contributed by atoms with Crippen LogP contribution in [0.15, 0.2) is 0 Å². The van der Waals surface area contributed by atoms with Crippen LogP contribution in [0.4, 0.5) is 0 Å². The van der Waals surface area contributed by atoms with Crippen molar-refractivity contribution in [3.05, 3.63) is 0 Å². The van der Waals surface area contributed by atoms with Crippen molar-refractivity contribution in [2.45, 2.75) is 38.3 Å². The minimum atomic E-state index is -0.510. The van der Waals surface area contributed by atoms with Gasteiger partial charge in [-0.15, -0.1) is 0 Å². The number of hydrogen-bond donors (Lipinski definition) is 3. The molecule has 2 unspecified atom stereocenters. The Balaban J connectivity index is 2.42. The maximum absolute atomic E-state index is 11.4. The van der Waals surface area contributed by atoms with Crippen LogP contribution in [0.1, 0.15) is 26.2 Å². The molecular formula is C9H17N3O2. The van der Waals surface area contributed by atoms with Gasteiger partial charge in [0, 0.05) is 6.54 Å². The molecule has 1 aliphatic heterocycles. The van der Waals surface area contributed by atoms with Gasteiger partial charge < -0.3 is 16.4 Å². The number of piperidine rings is 1. The van der Waals surface area contributed by atoms with Crippen molar-refractivity contribution in [2.75, 3.05) is 6.54 Å². The molecule has 5 nitrogen and oxygen atoms in total. The summed E-state index contributed by atoms with van der Waals surface area (Å²) < 4.78 is 0. The van der Waals surface area contributed by atoms with Gasteiger partial charge in [-0.25, -0.2) is 0 Å². The highest BCUT2D eigenvalue weighted by Gasteiger charge is 2.24. The Kier molecular flexibility index (Phi) is 3.88. The van der Waals surface area contributed by atoms with E-state index < -0.39 is 12.1 Å². The van der Waals surface area contributed by atoms with E-state index in [1.165, 1.54) is 0 Å². The topological polar surface area (TPSA) is 84.2 Å². The molecule has 0 bridgehead atoms. The molecule has 0 aliphatic carbocycles. The van der Waals surface area contributed by atoms with Crippen LogP contribution in [0.25, 0.3) is 0 Å². The second-order valence-electron chi connectivity index (χ2n) is 3.51. The van der Waals surface area contributed by atoms with Crippen molar-refractivity contribution in [1.82, 2.24) is 10.6 Å². The van der Waals surface area contributed by atoms with Crippen molar-refractivity contribution in [1.29, 1.82) is 0 Å². The lowest BCUT2D eigenvalue weighted by molar-refractivity contribution is -0.130. The second kappa shape index (κ2) is 4.95. The van der Waals surface area contributed by atoms with Crippen LogP contribution in [0.5, 0.6) is 0 Å². The van der Waals surface area contributed by atoms with E-state index in [9.17, 15) is 9.59 Å².